The fourth-order valence-electron chi connectivity index (χ4n) is 5.28. The lowest BCUT2D eigenvalue weighted by molar-refractivity contribution is -0.147. The number of nitrogens with zero attached hydrogens (tertiary/aromatic N) is 1. The zero-order chi connectivity index (χ0) is 24.5. The maximum Gasteiger partial charge on any atom is 0.323 e. The summed E-state index contributed by atoms with van der Waals surface area (Å²) in [6.07, 6.45) is 5.78. The van der Waals surface area contributed by atoms with Crippen LogP contribution in [0.5, 0.6) is 0 Å². The molecule has 3 rings (SSSR count). The topological polar surface area (TPSA) is 105 Å². The molecule has 2 N–H and O–H groups in total. The number of benzene rings is 1. The van der Waals surface area contributed by atoms with Crippen LogP contribution in [0.2, 0.25) is 0 Å². The van der Waals surface area contributed by atoms with E-state index in [1.165, 1.54) is 0 Å². The Balaban J connectivity index is 1.69. The molecule has 186 valence electrons. The van der Waals surface area contributed by atoms with Crippen LogP contribution in [0.15, 0.2) is 30.3 Å². The Kier molecular flexibility index (Phi) is 9.62. The number of carbonyl (C=O) groups excluding carboxylic acids is 4. The Morgan fingerprint density at radius 2 is 1.97 bits per heavy atom. The highest BCUT2D eigenvalue weighted by molar-refractivity contribution is 5.91. The van der Waals surface area contributed by atoms with Gasteiger partial charge in [0, 0.05) is 19.0 Å². The molecule has 1 aromatic carbocycles. The van der Waals surface area contributed by atoms with Gasteiger partial charge in [-0.1, -0.05) is 36.8 Å². The molecule has 1 aliphatic carbocycles. The van der Waals surface area contributed by atoms with Gasteiger partial charge >= 0.3 is 5.97 Å². The number of fused-ring (bicyclic) bond motifs is 1. The van der Waals surface area contributed by atoms with Gasteiger partial charge in [0.25, 0.3) is 0 Å². The van der Waals surface area contributed by atoms with Gasteiger partial charge in [-0.15, -0.1) is 0 Å². The first-order chi connectivity index (χ1) is 16.5. The number of hydrogen-bond acceptors (Lipinski definition) is 6. The van der Waals surface area contributed by atoms with Crippen molar-refractivity contribution in [3.63, 3.8) is 0 Å². The van der Waals surface area contributed by atoms with Crippen LogP contribution in [-0.2, 0) is 30.3 Å². The lowest BCUT2D eigenvalue weighted by Crippen LogP contribution is -2.56. The summed E-state index contributed by atoms with van der Waals surface area (Å²) in [7, 11) is 0. The summed E-state index contributed by atoms with van der Waals surface area (Å²) in [5.41, 5.74) is 1.11. The average molecular weight is 472 g/mol. The minimum Gasteiger partial charge on any atom is -0.465 e. The summed E-state index contributed by atoms with van der Waals surface area (Å²) in [5, 5.41) is 5.99. The molecule has 2 fully saturated rings. The molecule has 5 atom stereocenters. The van der Waals surface area contributed by atoms with Crippen molar-refractivity contribution in [3.8, 4) is 0 Å². The molecule has 0 spiro atoms. The molecule has 8 heteroatoms. The van der Waals surface area contributed by atoms with Gasteiger partial charge in [0.05, 0.1) is 12.6 Å². The van der Waals surface area contributed by atoms with Gasteiger partial charge in [0.15, 0.2) is 0 Å². The van der Waals surface area contributed by atoms with Gasteiger partial charge in [-0.3, -0.25) is 19.7 Å². The molecule has 1 aliphatic heterocycles. The van der Waals surface area contributed by atoms with Gasteiger partial charge in [-0.05, 0) is 57.4 Å². The van der Waals surface area contributed by atoms with E-state index in [2.05, 4.69) is 10.6 Å². The number of ether oxygens (including phenoxy) is 1. The summed E-state index contributed by atoms with van der Waals surface area (Å²) < 4.78 is 5.26. The van der Waals surface area contributed by atoms with E-state index in [0.29, 0.717) is 25.2 Å². The summed E-state index contributed by atoms with van der Waals surface area (Å²) in [5.74, 6) is -0.430. The van der Waals surface area contributed by atoms with Crippen LogP contribution in [0.25, 0.3) is 0 Å². The molecular formula is C26H37N3O5. The van der Waals surface area contributed by atoms with E-state index in [0.717, 1.165) is 31.1 Å². The fraction of sp³-hybridized carbons (Fsp3) is 0.615. The molecule has 34 heavy (non-hydrogen) atoms. The Morgan fingerprint density at radius 1 is 1.21 bits per heavy atom. The maximum absolute atomic E-state index is 13.6. The highest BCUT2D eigenvalue weighted by Crippen LogP contribution is 2.41. The van der Waals surface area contributed by atoms with Gasteiger partial charge < -0.3 is 19.7 Å². The van der Waals surface area contributed by atoms with Crippen LogP contribution < -0.4 is 10.6 Å². The fourth-order valence-corrected chi connectivity index (χ4v) is 5.28. The monoisotopic (exact) mass is 471 g/mol. The maximum atomic E-state index is 13.6. The van der Waals surface area contributed by atoms with Crippen molar-refractivity contribution >= 4 is 24.1 Å². The minimum atomic E-state index is -0.644. The second-order valence-electron chi connectivity index (χ2n) is 9.22. The van der Waals surface area contributed by atoms with Crippen molar-refractivity contribution in [3.05, 3.63) is 35.9 Å². The van der Waals surface area contributed by atoms with Crippen LogP contribution in [0, 0.1) is 5.92 Å². The van der Waals surface area contributed by atoms with E-state index in [4.69, 9.17) is 4.74 Å². The Bertz CT molecular complexity index is 846. The van der Waals surface area contributed by atoms with Crippen molar-refractivity contribution in [2.24, 2.45) is 5.92 Å². The van der Waals surface area contributed by atoms with Crippen molar-refractivity contribution in [2.45, 2.75) is 83.0 Å². The number of likely N-dealkylation sites (tertiary alicyclic amines) is 1. The van der Waals surface area contributed by atoms with Crippen molar-refractivity contribution in [2.75, 3.05) is 13.2 Å². The summed E-state index contributed by atoms with van der Waals surface area (Å²) in [4.78, 5) is 51.4. The first-order valence-electron chi connectivity index (χ1n) is 12.5. The molecule has 1 saturated carbocycles. The predicted octanol–water partition coefficient (Wildman–Crippen LogP) is 2.00. The molecule has 0 bridgehead atoms. The molecule has 2 amide bonds. The first kappa shape index (κ1) is 25.9. The normalized spacial score (nSPS) is 23.1. The Labute approximate surface area is 201 Å². The molecule has 0 aromatic heterocycles. The third-order valence-electron chi connectivity index (χ3n) is 6.91. The molecule has 2 aliphatic rings. The van der Waals surface area contributed by atoms with Gasteiger partial charge in [-0.2, -0.15) is 0 Å². The molecule has 8 nitrogen and oxygen atoms in total. The van der Waals surface area contributed by atoms with E-state index >= 15 is 0 Å². The zero-order valence-electron chi connectivity index (χ0n) is 20.2. The number of aryl methyl sites for hydroxylation is 1. The third-order valence-corrected chi connectivity index (χ3v) is 6.91. The van der Waals surface area contributed by atoms with E-state index in [-0.39, 0.29) is 43.4 Å². The smallest absolute Gasteiger partial charge is 0.323 e. The second-order valence-corrected chi connectivity index (χ2v) is 9.22. The quantitative estimate of drug-likeness (QED) is 0.275. The largest absolute Gasteiger partial charge is 0.465 e. The Hall–Kier alpha value is -2.74. The average Bonchev–Trinajstić information content (AvgIpc) is 3.43. The lowest BCUT2D eigenvalue weighted by atomic mass is 10.0. The Morgan fingerprint density at radius 3 is 2.68 bits per heavy atom. The number of aldehydes is 1. The van der Waals surface area contributed by atoms with Crippen LogP contribution in [-0.4, -0.2) is 66.3 Å². The van der Waals surface area contributed by atoms with Crippen LogP contribution in [0.3, 0.4) is 0 Å². The number of carbonyl (C=O) groups is 4. The van der Waals surface area contributed by atoms with Crippen LogP contribution in [0.4, 0.5) is 0 Å². The third kappa shape index (κ3) is 6.44. The molecule has 0 unspecified atom stereocenters. The number of rotatable bonds is 12. The summed E-state index contributed by atoms with van der Waals surface area (Å²) in [6, 6.07) is 8.12. The number of amides is 2. The van der Waals surface area contributed by atoms with Gasteiger partial charge in [-0.25, -0.2) is 0 Å². The number of esters is 1. The van der Waals surface area contributed by atoms with Crippen LogP contribution in [0.1, 0.15) is 57.9 Å². The van der Waals surface area contributed by atoms with Crippen molar-refractivity contribution < 1.29 is 23.9 Å². The second kappa shape index (κ2) is 12.6. The molecule has 1 saturated heterocycles. The summed E-state index contributed by atoms with van der Waals surface area (Å²) >= 11 is 0. The number of nitrogens with one attached hydrogen (secondary N) is 2. The van der Waals surface area contributed by atoms with Crippen LogP contribution >= 0.6 is 0 Å². The summed E-state index contributed by atoms with van der Waals surface area (Å²) in [6.45, 7) is 4.05. The van der Waals surface area contributed by atoms with E-state index < -0.39 is 18.1 Å². The van der Waals surface area contributed by atoms with E-state index in [9.17, 15) is 19.2 Å². The molecule has 1 heterocycles. The standard InChI is InChI=1S/C26H37N3O5/c1-3-34-26(33)21(14-13-19-9-5-4-6-10-19)28-18(2)25(32)29-22-12-7-11-20(22)17-23(29)24(31)27-15-8-16-30/h4-6,9-10,16,18,20-23,28H,3,7-8,11-15,17H2,1-2H3,(H,27,31)/t18-,20-,21-,22-,23-/m1/s1. The zero-order valence-corrected chi connectivity index (χ0v) is 20.2. The SMILES string of the molecule is CCOC(=O)[C@@H](CCc1ccccc1)N[C@H](C)C(=O)N1[C@@H](C(=O)NCCC=O)C[C@H]2CCC[C@H]21. The van der Waals surface area contributed by atoms with Crippen molar-refractivity contribution in [1.82, 2.24) is 15.5 Å². The highest BCUT2D eigenvalue weighted by Gasteiger charge is 2.49. The molecule has 1 aromatic rings. The van der Waals surface area contributed by atoms with E-state index in [1.54, 1.807) is 18.7 Å². The van der Waals surface area contributed by atoms with Gasteiger partial charge in [0.1, 0.15) is 18.4 Å². The minimum absolute atomic E-state index is 0.0453. The molecule has 0 radical (unpaired) electrons. The number of hydrogen-bond donors (Lipinski definition) is 2. The lowest BCUT2D eigenvalue weighted by Gasteiger charge is -2.33. The highest BCUT2D eigenvalue weighted by atomic mass is 16.5. The predicted molar refractivity (Wildman–Crippen MR) is 128 cm³/mol. The first-order valence-corrected chi connectivity index (χ1v) is 12.5. The van der Waals surface area contributed by atoms with E-state index in [1.807, 2.05) is 30.3 Å². The van der Waals surface area contributed by atoms with Gasteiger partial charge in [0.2, 0.25) is 11.8 Å². The molecular weight excluding hydrogens is 434 g/mol. The van der Waals surface area contributed by atoms with Crippen molar-refractivity contribution in [1.29, 1.82) is 0 Å².